The Hall–Kier alpha value is -0.530. The van der Waals surface area contributed by atoms with Crippen molar-refractivity contribution in [3.8, 4) is 0 Å². The maximum absolute atomic E-state index is 5.11. The molecule has 1 aliphatic carbocycles. The number of hydrogen-bond donors (Lipinski definition) is 0. The Bertz CT molecular complexity index is 164. The van der Waals surface area contributed by atoms with Gasteiger partial charge in [-0.1, -0.05) is 5.16 Å². The van der Waals surface area contributed by atoms with Gasteiger partial charge in [-0.3, -0.25) is 0 Å². The highest BCUT2D eigenvalue weighted by Crippen LogP contribution is 2.51. The maximum Gasteiger partial charge on any atom is 0.144 e. The number of hydrogen-bond acceptors (Lipinski definition) is 2. The zero-order valence-corrected chi connectivity index (χ0v) is 5.14. The molecule has 2 aliphatic rings. The molecule has 2 heteroatoms. The summed E-state index contributed by atoms with van der Waals surface area (Å²) in [5.41, 5.74) is 1.30. The molecule has 0 aromatic rings. The first kappa shape index (κ1) is 4.36. The second-order valence-corrected chi connectivity index (χ2v) is 2.89. The molecular formula is C6H9NO. The van der Waals surface area contributed by atoms with Crippen LogP contribution in [-0.4, -0.2) is 11.3 Å². The minimum Gasteiger partial charge on any atom is -0.389 e. The van der Waals surface area contributed by atoms with Crippen LogP contribution in [0.3, 0.4) is 0 Å². The SMILES string of the molecule is CC1=NO[C@]2(C)CC12. The maximum atomic E-state index is 5.11. The molecule has 8 heavy (non-hydrogen) atoms. The van der Waals surface area contributed by atoms with Crippen LogP contribution in [0.25, 0.3) is 0 Å². The fourth-order valence-electron chi connectivity index (χ4n) is 1.28. The van der Waals surface area contributed by atoms with Gasteiger partial charge in [-0.15, -0.1) is 0 Å². The molecule has 0 spiro atoms. The molecule has 0 N–H and O–H groups in total. The van der Waals surface area contributed by atoms with Gasteiger partial charge in [0.05, 0.1) is 5.71 Å². The van der Waals surface area contributed by atoms with Gasteiger partial charge in [0.25, 0.3) is 0 Å². The van der Waals surface area contributed by atoms with Crippen molar-refractivity contribution in [1.82, 2.24) is 0 Å². The molecule has 1 fully saturated rings. The highest BCUT2D eigenvalue weighted by Gasteiger charge is 2.58. The largest absolute Gasteiger partial charge is 0.389 e. The third kappa shape index (κ3) is 0.320. The van der Waals surface area contributed by atoms with E-state index in [2.05, 4.69) is 12.1 Å². The van der Waals surface area contributed by atoms with E-state index in [0.29, 0.717) is 5.92 Å². The monoisotopic (exact) mass is 111 g/mol. The van der Waals surface area contributed by atoms with Crippen LogP contribution >= 0.6 is 0 Å². The number of fused-ring (bicyclic) bond motifs is 1. The molecule has 2 nitrogen and oxygen atoms in total. The van der Waals surface area contributed by atoms with Crippen LogP contribution in [0.1, 0.15) is 20.3 Å². The summed E-state index contributed by atoms with van der Waals surface area (Å²) in [5.74, 6) is 0.655. The lowest BCUT2D eigenvalue weighted by molar-refractivity contribution is 0.0619. The van der Waals surface area contributed by atoms with Crippen molar-refractivity contribution in [2.24, 2.45) is 11.1 Å². The van der Waals surface area contributed by atoms with Crippen molar-refractivity contribution < 1.29 is 4.84 Å². The van der Waals surface area contributed by atoms with Crippen LogP contribution in [0.15, 0.2) is 5.16 Å². The Kier molecular flexibility index (Phi) is 0.504. The molecule has 0 aromatic carbocycles. The van der Waals surface area contributed by atoms with Gasteiger partial charge >= 0.3 is 0 Å². The summed E-state index contributed by atoms with van der Waals surface area (Å²) in [6.07, 6.45) is 1.18. The van der Waals surface area contributed by atoms with E-state index in [-0.39, 0.29) is 5.60 Å². The molecule has 0 saturated heterocycles. The summed E-state index contributed by atoms with van der Waals surface area (Å²) < 4.78 is 0. The van der Waals surface area contributed by atoms with Crippen molar-refractivity contribution in [3.63, 3.8) is 0 Å². The van der Waals surface area contributed by atoms with Gasteiger partial charge in [-0.2, -0.15) is 0 Å². The van der Waals surface area contributed by atoms with E-state index in [1.807, 2.05) is 6.92 Å². The minimum atomic E-state index is 0.129. The zero-order valence-electron chi connectivity index (χ0n) is 5.14. The second kappa shape index (κ2) is 0.925. The first-order chi connectivity index (χ1) is 3.72. The Balaban J connectivity index is 2.27. The average Bonchev–Trinajstić information content (AvgIpc) is 2.32. The Morgan fingerprint density at radius 1 is 1.88 bits per heavy atom. The van der Waals surface area contributed by atoms with Gasteiger partial charge < -0.3 is 4.84 Å². The fourth-order valence-corrected chi connectivity index (χ4v) is 1.28. The van der Waals surface area contributed by atoms with Gasteiger partial charge in [0, 0.05) is 12.3 Å². The van der Waals surface area contributed by atoms with Crippen LogP contribution in [0.2, 0.25) is 0 Å². The van der Waals surface area contributed by atoms with Gasteiger partial charge in [0.15, 0.2) is 0 Å². The van der Waals surface area contributed by atoms with E-state index < -0.39 is 0 Å². The van der Waals surface area contributed by atoms with E-state index in [0.717, 1.165) is 0 Å². The first-order valence-electron chi connectivity index (χ1n) is 2.95. The van der Waals surface area contributed by atoms with Crippen molar-refractivity contribution in [2.45, 2.75) is 25.9 Å². The van der Waals surface area contributed by atoms with Crippen molar-refractivity contribution in [1.29, 1.82) is 0 Å². The van der Waals surface area contributed by atoms with Gasteiger partial charge in [-0.05, 0) is 13.8 Å². The highest BCUT2D eigenvalue weighted by molar-refractivity contribution is 5.89. The fraction of sp³-hybridized carbons (Fsp3) is 0.833. The van der Waals surface area contributed by atoms with E-state index in [1.54, 1.807) is 0 Å². The average molecular weight is 111 g/mol. The van der Waals surface area contributed by atoms with E-state index in [4.69, 9.17) is 4.84 Å². The molecule has 1 heterocycles. The predicted octanol–water partition coefficient (Wildman–Crippen LogP) is 1.17. The second-order valence-electron chi connectivity index (χ2n) is 2.89. The quantitative estimate of drug-likeness (QED) is 0.460. The predicted molar refractivity (Wildman–Crippen MR) is 30.7 cm³/mol. The van der Waals surface area contributed by atoms with Crippen LogP contribution in [-0.2, 0) is 4.84 Å². The minimum absolute atomic E-state index is 0.129. The van der Waals surface area contributed by atoms with Crippen LogP contribution in [0.4, 0.5) is 0 Å². The summed E-state index contributed by atoms with van der Waals surface area (Å²) in [7, 11) is 0. The summed E-state index contributed by atoms with van der Waals surface area (Å²) in [5, 5.41) is 3.86. The molecule has 44 valence electrons. The van der Waals surface area contributed by atoms with Gasteiger partial charge in [-0.25, -0.2) is 0 Å². The lowest BCUT2D eigenvalue weighted by Crippen LogP contribution is -2.03. The molecule has 2 atom stereocenters. The summed E-state index contributed by atoms with van der Waals surface area (Å²) in [6, 6.07) is 0. The molecular weight excluding hydrogens is 102 g/mol. The van der Waals surface area contributed by atoms with Gasteiger partial charge in [0.1, 0.15) is 5.60 Å². The standard InChI is InChI=1S/C6H9NO/c1-4-5-3-6(5,2)8-7-4/h5H,3H2,1-2H3/t5?,6-/m1/s1. The lowest BCUT2D eigenvalue weighted by atomic mass is 10.2. The number of rotatable bonds is 0. The highest BCUT2D eigenvalue weighted by atomic mass is 16.7. The van der Waals surface area contributed by atoms with Crippen molar-refractivity contribution in [3.05, 3.63) is 0 Å². The third-order valence-electron chi connectivity index (χ3n) is 2.09. The Labute approximate surface area is 48.5 Å². The lowest BCUT2D eigenvalue weighted by Gasteiger charge is -1.98. The van der Waals surface area contributed by atoms with Gasteiger partial charge in [0.2, 0.25) is 0 Å². The molecule has 2 rings (SSSR count). The van der Waals surface area contributed by atoms with E-state index >= 15 is 0 Å². The van der Waals surface area contributed by atoms with E-state index in [1.165, 1.54) is 12.1 Å². The topological polar surface area (TPSA) is 21.6 Å². The zero-order chi connectivity index (χ0) is 5.78. The van der Waals surface area contributed by atoms with Crippen molar-refractivity contribution in [2.75, 3.05) is 0 Å². The normalized spacial score (nSPS) is 49.8. The molecule has 1 saturated carbocycles. The summed E-state index contributed by atoms with van der Waals surface area (Å²) in [6.45, 7) is 4.14. The summed E-state index contributed by atoms with van der Waals surface area (Å²) >= 11 is 0. The molecule has 1 unspecified atom stereocenters. The summed E-state index contributed by atoms with van der Waals surface area (Å²) in [4.78, 5) is 5.11. The first-order valence-corrected chi connectivity index (χ1v) is 2.95. The van der Waals surface area contributed by atoms with Crippen LogP contribution < -0.4 is 0 Å². The Morgan fingerprint density at radius 2 is 2.62 bits per heavy atom. The van der Waals surface area contributed by atoms with E-state index in [9.17, 15) is 0 Å². The molecule has 1 aliphatic heterocycles. The van der Waals surface area contributed by atoms with Crippen molar-refractivity contribution >= 4 is 5.71 Å². The van der Waals surface area contributed by atoms with Crippen LogP contribution in [0, 0.1) is 5.92 Å². The molecule has 0 amide bonds. The third-order valence-corrected chi connectivity index (χ3v) is 2.09. The number of nitrogens with zero attached hydrogens (tertiary/aromatic N) is 1. The molecule has 0 bridgehead atoms. The Morgan fingerprint density at radius 3 is 2.75 bits per heavy atom. The smallest absolute Gasteiger partial charge is 0.144 e. The molecule has 0 radical (unpaired) electrons. The number of oxime groups is 1. The van der Waals surface area contributed by atoms with Crippen LogP contribution in [0.5, 0.6) is 0 Å². The molecule has 0 aromatic heterocycles.